The Morgan fingerprint density at radius 2 is 1.72 bits per heavy atom. The molecule has 0 amide bonds. The lowest BCUT2D eigenvalue weighted by Crippen LogP contribution is -2.39. The number of hydrogen-bond acceptors (Lipinski definition) is 2. The first-order valence-electron chi connectivity index (χ1n) is 6.13. The molecule has 1 unspecified atom stereocenters. The van der Waals surface area contributed by atoms with E-state index < -0.39 is 0 Å². The summed E-state index contributed by atoms with van der Waals surface area (Å²) >= 11 is 5.54. The third-order valence-electron chi connectivity index (χ3n) is 2.83. The van der Waals surface area contributed by atoms with E-state index in [1.807, 2.05) is 37.4 Å². The summed E-state index contributed by atoms with van der Waals surface area (Å²) in [5.41, 5.74) is 0. The van der Waals surface area contributed by atoms with Gasteiger partial charge in [-0.3, -0.25) is 0 Å². The molecule has 1 aromatic rings. The van der Waals surface area contributed by atoms with E-state index in [0.717, 1.165) is 17.9 Å². The monoisotopic (exact) mass is 267 g/mol. The minimum Gasteiger partial charge on any atom is -0.392 e. The van der Waals surface area contributed by atoms with Crippen molar-refractivity contribution >= 4 is 11.6 Å². The summed E-state index contributed by atoms with van der Waals surface area (Å²) in [5.74, 6) is 0. The van der Waals surface area contributed by atoms with E-state index in [0.29, 0.717) is 6.04 Å². The maximum atomic E-state index is 9.31. The van der Waals surface area contributed by atoms with Gasteiger partial charge >= 0.3 is 0 Å². The highest BCUT2D eigenvalue weighted by Crippen LogP contribution is 2.17. The number of likely N-dealkylation sites (N-methyl/N-ethyl adjacent to an activating group) is 1. The van der Waals surface area contributed by atoms with E-state index >= 15 is 0 Å². The van der Waals surface area contributed by atoms with Crippen molar-refractivity contribution in [3.8, 4) is 12.8 Å². The summed E-state index contributed by atoms with van der Waals surface area (Å²) in [7, 11) is 1.92. The Kier molecular flexibility index (Phi) is 10.5. The quantitative estimate of drug-likeness (QED) is 0.767. The Morgan fingerprint density at radius 1 is 1.17 bits per heavy atom. The van der Waals surface area contributed by atoms with Crippen molar-refractivity contribution in [1.29, 1.82) is 0 Å². The molecule has 0 radical (unpaired) electrons. The first-order chi connectivity index (χ1) is 8.74. The van der Waals surface area contributed by atoms with Crippen LogP contribution in [0.25, 0.3) is 0 Å². The van der Waals surface area contributed by atoms with Gasteiger partial charge < -0.3 is 10.4 Å². The molecule has 1 saturated carbocycles. The van der Waals surface area contributed by atoms with Crippen LogP contribution in [-0.4, -0.2) is 24.3 Å². The molecule has 1 aliphatic carbocycles. The Bertz CT molecular complexity index is 313. The summed E-state index contributed by atoms with van der Waals surface area (Å²) in [4.78, 5) is 0. The number of halogens is 1. The van der Waals surface area contributed by atoms with Crippen LogP contribution in [0.4, 0.5) is 0 Å². The fourth-order valence-corrected chi connectivity index (χ4v) is 2.01. The van der Waals surface area contributed by atoms with Gasteiger partial charge in [0, 0.05) is 11.1 Å². The van der Waals surface area contributed by atoms with Crippen LogP contribution in [0.5, 0.6) is 0 Å². The van der Waals surface area contributed by atoms with E-state index in [9.17, 15) is 5.11 Å². The van der Waals surface area contributed by atoms with Crippen LogP contribution in [0.15, 0.2) is 30.3 Å². The van der Waals surface area contributed by atoms with Gasteiger partial charge in [-0.25, -0.2) is 0 Å². The van der Waals surface area contributed by atoms with Gasteiger partial charge in [-0.1, -0.05) is 42.6 Å². The minimum absolute atomic E-state index is 0.0938. The standard InChI is InChI=1S/C7H15NO.C6H5Cl.C2H2/c1-8-6-4-2-3-5-7(6)9;7-6-4-2-1-3-5-6;1-2/h6-9H,2-5H2,1H3;1-5H;1-2H/t6-,7?;;/m0../s1. The molecule has 0 saturated heterocycles. The summed E-state index contributed by atoms with van der Waals surface area (Å²) < 4.78 is 0. The van der Waals surface area contributed by atoms with Gasteiger partial charge in [0.2, 0.25) is 0 Å². The van der Waals surface area contributed by atoms with Gasteiger partial charge in [0.15, 0.2) is 0 Å². The number of hydrogen-bond donors (Lipinski definition) is 2. The lowest BCUT2D eigenvalue weighted by atomic mass is 9.93. The third-order valence-corrected chi connectivity index (χ3v) is 3.09. The average molecular weight is 268 g/mol. The van der Waals surface area contributed by atoms with Gasteiger partial charge in [0.05, 0.1) is 6.10 Å². The van der Waals surface area contributed by atoms with Crippen LogP contribution in [0.1, 0.15) is 25.7 Å². The van der Waals surface area contributed by atoms with Crippen molar-refractivity contribution < 1.29 is 5.11 Å². The van der Waals surface area contributed by atoms with Crippen LogP contribution >= 0.6 is 11.6 Å². The molecule has 100 valence electrons. The molecule has 1 aliphatic rings. The van der Waals surface area contributed by atoms with E-state index in [2.05, 4.69) is 18.2 Å². The number of benzene rings is 1. The highest BCUT2D eigenvalue weighted by molar-refractivity contribution is 6.30. The number of aliphatic hydroxyl groups excluding tert-OH is 1. The second-order valence-corrected chi connectivity index (χ2v) is 4.48. The summed E-state index contributed by atoms with van der Waals surface area (Å²) in [6.07, 6.45) is 12.5. The largest absolute Gasteiger partial charge is 0.392 e. The predicted octanol–water partition coefficient (Wildman–Crippen LogP) is 3.10. The van der Waals surface area contributed by atoms with E-state index in [1.165, 1.54) is 12.8 Å². The summed E-state index contributed by atoms with van der Waals surface area (Å²) in [6.45, 7) is 0. The van der Waals surface area contributed by atoms with Crippen LogP contribution in [-0.2, 0) is 0 Å². The maximum absolute atomic E-state index is 9.31. The van der Waals surface area contributed by atoms with Crippen LogP contribution < -0.4 is 5.32 Å². The third kappa shape index (κ3) is 7.34. The molecular formula is C15H22ClNO. The Labute approximate surface area is 115 Å². The van der Waals surface area contributed by atoms with Crippen molar-refractivity contribution in [2.75, 3.05) is 7.05 Å². The van der Waals surface area contributed by atoms with Crippen molar-refractivity contribution in [2.24, 2.45) is 0 Å². The normalized spacial score (nSPS) is 21.8. The Hall–Kier alpha value is -1.01. The molecule has 0 spiro atoms. The van der Waals surface area contributed by atoms with E-state index in [1.54, 1.807) is 0 Å². The second kappa shape index (κ2) is 11.1. The zero-order valence-corrected chi connectivity index (χ0v) is 11.6. The van der Waals surface area contributed by atoms with E-state index in [4.69, 9.17) is 11.6 Å². The Morgan fingerprint density at radius 3 is 2.06 bits per heavy atom. The van der Waals surface area contributed by atoms with Crippen molar-refractivity contribution in [3.63, 3.8) is 0 Å². The molecule has 1 aromatic carbocycles. The Balaban J connectivity index is 0.000000289. The molecule has 0 heterocycles. The smallest absolute Gasteiger partial charge is 0.0693 e. The molecule has 2 N–H and O–H groups in total. The predicted molar refractivity (Wildman–Crippen MR) is 78.7 cm³/mol. The van der Waals surface area contributed by atoms with Gasteiger partial charge in [-0.05, 0) is 32.0 Å². The fourth-order valence-electron chi connectivity index (χ4n) is 1.86. The molecule has 2 nitrogen and oxygen atoms in total. The minimum atomic E-state index is -0.0938. The highest BCUT2D eigenvalue weighted by atomic mass is 35.5. The molecule has 3 heteroatoms. The average Bonchev–Trinajstić information content (AvgIpc) is 2.43. The zero-order chi connectivity index (χ0) is 13.8. The SMILES string of the molecule is C#C.CN[C@H]1CCCCC1O.Clc1ccccc1. The zero-order valence-electron chi connectivity index (χ0n) is 10.8. The van der Waals surface area contributed by atoms with Gasteiger partial charge in [-0.15, -0.1) is 12.8 Å². The molecule has 2 rings (SSSR count). The van der Waals surface area contributed by atoms with Crippen molar-refractivity contribution in [3.05, 3.63) is 35.4 Å². The first-order valence-corrected chi connectivity index (χ1v) is 6.51. The van der Waals surface area contributed by atoms with E-state index in [-0.39, 0.29) is 6.10 Å². The number of rotatable bonds is 1. The van der Waals surface area contributed by atoms with Crippen LogP contribution in [0.3, 0.4) is 0 Å². The molecule has 0 aliphatic heterocycles. The van der Waals surface area contributed by atoms with Gasteiger partial charge in [0.1, 0.15) is 0 Å². The molecule has 2 atom stereocenters. The van der Waals surface area contributed by atoms with Gasteiger partial charge in [0.25, 0.3) is 0 Å². The van der Waals surface area contributed by atoms with Crippen LogP contribution in [0, 0.1) is 12.8 Å². The maximum Gasteiger partial charge on any atom is 0.0693 e. The fraction of sp³-hybridized carbons (Fsp3) is 0.467. The topological polar surface area (TPSA) is 32.3 Å². The van der Waals surface area contributed by atoms with Gasteiger partial charge in [-0.2, -0.15) is 0 Å². The number of nitrogens with one attached hydrogen (secondary N) is 1. The van der Waals surface area contributed by atoms with Crippen molar-refractivity contribution in [1.82, 2.24) is 5.32 Å². The molecule has 0 aromatic heterocycles. The molecule has 1 fully saturated rings. The lowest BCUT2D eigenvalue weighted by Gasteiger charge is -2.26. The second-order valence-electron chi connectivity index (χ2n) is 4.04. The highest BCUT2D eigenvalue weighted by Gasteiger charge is 2.20. The molecule has 18 heavy (non-hydrogen) atoms. The van der Waals surface area contributed by atoms with Crippen LogP contribution in [0.2, 0.25) is 5.02 Å². The lowest BCUT2D eigenvalue weighted by molar-refractivity contribution is 0.0948. The number of aliphatic hydroxyl groups is 1. The number of terminal acetylenes is 1. The molecule has 0 bridgehead atoms. The first kappa shape index (κ1) is 17.0. The molecular weight excluding hydrogens is 246 g/mol. The summed E-state index contributed by atoms with van der Waals surface area (Å²) in [5, 5.41) is 13.2. The van der Waals surface area contributed by atoms with Crippen molar-refractivity contribution in [2.45, 2.75) is 37.8 Å². The summed E-state index contributed by atoms with van der Waals surface area (Å²) in [6, 6.07) is 9.80.